The van der Waals surface area contributed by atoms with Crippen LogP contribution in [0.5, 0.6) is 5.75 Å². The fourth-order valence-electron chi connectivity index (χ4n) is 0.930. The van der Waals surface area contributed by atoms with Crippen molar-refractivity contribution in [1.82, 2.24) is 0 Å². The second-order valence-electron chi connectivity index (χ2n) is 2.51. The predicted octanol–water partition coefficient (Wildman–Crippen LogP) is 3.49. The summed E-state index contributed by atoms with van der Waals surface area (Å²) in [6, 6.07) is 5.19. The van der Waals surface area contributed by atoms with Gasteiger partial charge in [-0.3, -0.25) is 0 Å². The molecule has 1 atom stereocenters. The molecular weight excluding hydrogens is 223 g/mol. The second kappa shape index (κ2) is 3.90. The zero-order valence-corrected chi connectivity index (χ0v) is 8.56. The van der Waals surface area contributed by atoms with Gasteiger partial charge >= 0.3 is 0 Å². The first-order valence-electron chi connectivity index (χ1n) is 3.62. The molecule has 1 nitrogen and oxygen atoms in total. The van der Waals surface area contributed by atoms with Gasteiger partial charge in [0.25, 0.3) is 0 Å². The van der Waals surface area contributed by atoms with Crippen molar-refractivity contribution in [1.29, 1.82) is 0 Å². The minimum Gasteiger partial charge on any atom is -0.496 e. The van der Waals surface area contributed by atoms with E-state index in [-0.39, 0.29) is 0 Å². The Balaban J connectivity index is 3.02. The van der Waals surface area contributed by atoms with Crippen molar-refractivity contribution in [3.63, 3.8) is 0 Å². The summed E-state index contributed by atoms with van der Waals surface area (Å²) in [4.78, 5) is 0. The molecule has 0 saturated carbocycles. The number of rotatable bonds is 2. The van der Waals surface area contributed by atoms with E-state index in [1.54, 1.807) is 25.3 Å². The van der Waals surface area contributed by atoms with Gasteiger partial charge in [0.2, 0.25) is 0 Å². The van der Waals surface area contributed by atoms with E-state index in [0.29, 0.717) is 5.56 Å². The van der Waals surface area contributed by atoms with Crippen molar-refractivity contribution in [3.05, 3.63) is 28.2 Å². The van der Waals surface area contributed by atoms with Crippen LogP contribution in [0.2, 0.25) is 0 Å². The molecule has 66 valence electrons. The van der Waals surface area contributed by atoms with Crippen LogP contribution in [0, 0.1) is 0 Å². The number of methoxy groups -OCH3 is 1. The van der Waals surface area contributed by atoms with E-state index >= 15 is 0 Å². The van der Waals surface area contributed by atoms with Crippen LogP contribution < -0.4 is 4.74 Å². The number of ether oxygens (including phenoxy) is 1. The minimum atomic E-state index is -0.938. The smallest absolute Gasteiger partial charge is 0.133 e. The van der Waals surface area contributed by atoms with Crippen LogP contribution in [0.25, 0.3) is 0 Å². The summed E-state index contributed by atoms with van der Waals surface area (Å²) in [5.74, 6) is 0.722. The molecule has 0 aliphatic rings. The maximum Gasteiger partial charge on any atom is 0.133 e. The molecule has 0 radical (unpaired) electrons. The van der Waals surface area contributed by atoms with Gasteiger partial charge in [-0.1, -0.05) is 6.07 Å². The maximum atomic E-state index is 12.8. The summed E-state index contributed by atoms with van der Waals surface area (Å²) < 4.78 is 18.6. The highest BCUT2D eigenvalue weighted by atomic mass is 79.9. The lowest BCUT2D eigenvalue weighted by Gasteiger charge is -2.06. The number of benzene rings is 1. The first-order chi connectivity index (χ1) is 5.65. The molecule has 0 aliphatic heterocycles. The minimum absolute atomic E-state index is 0.655. The van der Waals surface area contributed by atoms with Gasteiger partial charge in [0.1, 0.15) is 11.9 Å². The Labute approximate surface area is 79.7 Å². The highest BCUT2D eigenvalue weighted by molar-refractivity contribution is 9.10. The van der Waals surface area contributed by atoms with Gasteiger partial charge in [0, 0.05) is 0 Å². The van der Waals surface area contributed by atoms with Crippen molar-refractivity contribution in [2.24, 2.45) is 0 Å². The Morgan fingerprint density at radius 1 is 1.50 bits per heavy atom. The molecule has 1 aromatic carbocycles. The van der Waals surface area contributed by atoms with Gasteiger partial charge in [-0.05, 0) is 40.5 Å². The van der Waals surface area contributed by atoms with E-state index in [2.05, 4.69) is 15.9 Å². The van der Waals surface area contributed by atoms with Crippen LogP contribution in [0.1, 0.15) is 18.7 Å². The van der Waals surface area contributed by atoms with Gasteiger partial charge in [-0.2, -0.15) is 0 Å². The van der Waals surface area contributed by atoms with Crippen LogP contribution >= 0.6 is 15.9 Å². The Hall–Kier alpha value is -0.570. The number of hydrogen-bond acceptors (Lipinski definition) is 1. The lowest BCUT2D eigenvalue weighted by molar-refractivity contribution is 0.372. The van der Waals surface area contributed by atoms with E-state index in [1.807, 2.05) is 0 Å². The Morgan fingerprint density at radius 3 is 2.58 bits per heavy atom. The van der Waals surface area contributed by atoms with Gasteiger partial charge in [-0.25, -0.2) is 4.39 Å². The predicted molar refractivity (Wildman–Crippen MR) is 50.2 cm³/mol. The van der Waals surface area contributed by atoms with Crippen LogP contribution in [0.3, 0.4) is 0 Å². The summed E-state index contributed by atoms with van der Waals surface area (Å²) >= 11 is 3.28. The van der Waals surface area contributed by atoms with Crippen molar-refractivity contribution in [2.75, 3.05) is 7.11 Å². The van der Waals surface area contributed by atoms with Gasteiger partial charge < -0.3 is 4.74 Å². The summed E-state index contributed by atoms with van der Waals surface area (Å²) in [6.07, 6.45) is -0.938. The van der Waals surface area contributed by atoms with Gasteiger partial charge in [0.15, 0.2) is 0 Å². The molecule has 1 rings (SSSR count). The molecule has 12 heavy (non-hydrogen) atoms. The third-order valence-corrected chi connectivity index (χ3v) is 2.25. The summed E-state index contributed by atoms with van der Waals surface area (Å²) in [5.41, 5.74) is 0.655. The molecule has 0 amide bonds. The topological polar surface area (TPSA) is 9.23 Å². The molecule has 0 aliphatic carbocycles. The molecular formula is C9H10BrFO. The normalized spacial score (nSPS) is 12.7. The van der Waals surface area contributed by atoms with Crippen molar-refractivity contribution < 1.29 is 9.13 Å². The summed E-state index contributed by atoms with van der Waals surface area (Å²) in [6.45, 7) is 1.51. The zero-order valence-electron chi connectivity index (χ0n) is 6.97. The largest absolute Gasteiger partial charge is 0.496 e. The average Bonchev–Trinajstić information content (AvgIpc) is 2.04. The first kappa shape index (κ1) is 9.52. The van der Waals surface area contributed by atoms with Crippen LogP contribution in [-0.2, 0) is 0 Å². The fourth-order valence-corrected chi connectivity index (χ4v) is 1.49. The van der Waals surface area contributed by atoms with Crippen molar-refractivity contribution >= 4 is 15.9 Å². The molecule has 0 heterocycles. The second-order valence-corrected chi connectivity index (χ2v) is 3.36. The van der Waals surface area contributed by atoms with E-state index < -0.39 is 6.17 Å². The lowest BCUT2D eigenvalue weighted by atomic mass is 10.1. The quantitative estimate of drug-likeness (QED) is 0.759. The molecule has 0 saturated heterocycles. The average molecular weight is 233 g/mol. The summed E-state index contributed by atoms with van der Waals surface area (Å²) in [5, 5.41) is 0. The van der Waals surface area contributed by atoms with E-state index in [0.717, 1.165) is 10.2 Å². The van der Waals surface area contributed by atoms with Gasteiger partial charge in [-0.15, -0.1) is 0 Å². The standard InChI is InChI=1S/C9H10BrFO/c1-6(11)7-3-4-9(12-2)8(10)5-7/h3-6H,1-2H3. The van der Waals surface area contributed by atoms with E-state index in [1.165, 1.54) is 6.92 Å². The van der Waals surface area contributed by atoms with Crippen molar-refractivity contribution in [2.45, 2.75) is 13.1 Å². The molecule has 0 aromatic heterocycles. The molecule has 0 spiro atoms. The third kappa shape index (κ3) is 1.97. The van der Waals surface area contributed by atoms with E-state index in [9.17, 15) is 4.39 Å². The highest BCUT2D eigenvalue weighted by Crippen LogP contribution is 2.28. The highest BCUT2D eigenvalue weighted by Gasteiger charge is 2.05. The molecule has 0 fully saturated rings. The fraction of sp³-hybridized carbons (Fsp3) is 0.333. The third-order valence-electron chi connectivity index (χ3n) is 1.64. The molecule has 3 heteroatoms. The molecule has 0 N–H and O–H groups in total. The van der Waals surface area contributed by atoms with Crippen LogP contribution in [0.15, 0.2) is 22.7 Å². The lowest BCUT2D eigenvalue weighted by Crippen LogP contribution is -1.88. The summed E-state index contributed by atoms with van der Waals surface area (Å²) in [7, 11) is 1.58. The molecule has 1 aromatic rings. The monoisotopic (exact) mass is 232 g/mol. The Kier molecular flexibility index (Phi) is 3.09. The Bertz CT molecular complexity index is 273. The van der Waals surface area contributed by atoms with Crippen LogP contribution in [-0.4, -0.2) is 7.11 Å². The zero-order chi connectivity index (χ0) is 9.14. The molecule has 1 unspecified atom stereocenters. The van der Waals surface area contributed by atoms with Crippen molar-refractivity contribution in [3.8, 4) is 5.75 Å². The number of alkyl halides is 1. The first-order valence-corrected chi connectivity index (χ1v) is 4.42. The van der Waals surface area contributed by atoms with Gasteiger partial charge in [0.05, 0.1) is 11.6 Å². The number of halogens is 2. The number of hydrogen-bond donors (Lipinski definition) is 0. The van der Waals surface area contributed by atoms with E-state index in [4.69, 9.17) is 4.74 Å². The molecule has 0 bridgehead atoms. The van der Waals surface area contributed by atoms with Crippen LogP contribution in [0.4, 0.5) is 4.39 Å². The SMILES string of the molecule is COc1ccc(C(C)F)cc1Br. The Morgan fingerprint density at radius 2 is 2.17 bits per heavy atom. The maximum absolute atomic E-state index is 12.8.